The van der Waals surface area contributed by atoms with Gasteiger partial charge in [0.25, 0.3) is 23.6 Å². The molecule has 0 saturated carbocycles. The number of imide groups is 3. The van der Waals surface area contributed by atoms with Crippen molar-refractivity contribution in [3.05, 3.63) is 41.5 Å². The summed E-state index contributed by atoms with van der Waals surface area (Å²) in [7, 11) is 0. The molecule has 4 rings (SSSR count). The van der Waals surface area contributed by atoms with Crippen LogP contribution >= 0.6 is 0 Å². The molecule has 2 N–H and O–H groups in total. The first kappa shape index (κ1) is 55.0. The van der Waals surface area contributed by atoms with Gasteiger partial charge in [-0.3, -0.25) is 48.7 Å². The van der Waals surface area contributed by atoms with Crippen LogP contribution in [0.2, 0.25) is 0 Å². The Bertz CT molecular complexity index is 1710. The largest absolute Gasteiger partial charge is 0.379 e. The van der Waals surface area contributed by atoms with Crippen molar-refractivity contribution in [2.24, 2.45) is 0 Å². The predicted octanol–water partition coefficient (Wildman–Crippen LogP) is 0.694. The third-order valence-corrected chi connectivity index (χ3v) is 10.0. The summed E-state index contributed by atoms with van der Waals surface area (Å²) in [5, 5.41) is 4.90. The SMILES string of the molecule is O=C1CCC(N2C(=O)c3cccc(NC(=O)CCCCCOCCOCCOCCOCCOCCOCCOCCOCCOCCOCCOCCN4C(=O)C=CC4=O)c3C2=O)C(=O)N1. The number of benzene rings is 1. The van der Waals surface area contributed by atoms with E-state index in [9.17, 15) is 33.6 Å². The number of hydrogen-bond acceptors (Lipinski definition) is 18. The highest BCUT2D eigenvalue weighted by Crippen LogP contribution is 2.32. The quantitative estimate of drug-likeness (QED) is 0.0677. The van der Waals surface area contributed by atoms with Crippen molar-refractivity contribution in [1.29, 1.82) is 0 Å². The maximum atomic E-state index is 13.2. The Balaban J connectivity index is 0.797. The number of carbonyl (C=O) groups is 7. The summed E-state index contributed by atoms with van der Waals surface area (Å²) >= 11 is 0. The molecule has 3 heterocycles. The molecule has 22 nitrogen and oxygen atoms in total. The van der Waals surface area contributed by atoms with Crippen molar-refractivity contribution in [1.82, 2.24) is 15.1 Å². The molecule has 1 aromatic carbocycles. The average molecular weight is 951 g/mol. The highest BCUT2D eigenvalue weighted by atomic mass is 16.6. The Labute approximate surface area is 390 Å². The predicted molar refractivity (Wildman–Crippen MR) is 235 cm³/mol. The van der Waals surface area contributed by atoms with E-state index in [4.69, 9.17) is 52.1 Å². The molecule has 3 aliphatic rings. The minimum atomic E-state index is -1.08. The lowest BCUT2D eigenvalue weighted by atomic mass is 10.0. The molecular formula is C45H66N4O18. The molecule has 0 spiro atoms. The Kier molecular flexibility index (Phi) is 27.8. The molecule has 1 atom stereocenters. The van der Waals surface area contributed by atoms with Gasteiger partial charge in [0.05, 0.1) is 162 Å². The van der Waals surface area contributed by atoms with E-state index in [0.717, 1.165) is 22.6 Å². The van der Waals surface area contributed by atoms with E-state index in [1.807, 2.05) is 0 Å². The molecule has 374 valence electrons. The van der Waals surface area contributed by atoms with Crippen molar-refractivity contribution < 1.29 is 85.7 Å². The van der Waals surface area contributed by atoms with Crippen molar-refractivity contribution in [2.45, 2.75) is 44.6 Å². The number of amides is 7. The summed E-state index contributed by atoms with van der Waals surface area (Å²) in [6.07, 6.45) is 4.90. The van der Waals surface area contributed by atoms with Crippen molar-refractivity contribution >= 4 is 47.0 Å². The van der Waals surface area contributed by atoms with E-state index in [-0.39, 0.29) is 66.9 Å². The Morgan fingerprint density at radius 1 is 0.537 bits per heavy atom. The number of fused-ring (bicyclic) bond motifs is 1. The Morgan fingerprint density at radius 2 is 0.970 bits per heavy atom. The normalized spacial score (nSPS) is 15.9. The third-order valence-electron chi connectivity index (χ3n) is 10.0. The van der Waals surface area contributed by atoms with Crippen LogP contribution in [0.1, 0.15) is 59.2 Å². The van der Waals surface area contributed by atoms with Crippen LogP contribution in [0.5, 0.6) is 0 Å². The highest BCUT2D eigenvalue weighted by Gasteiger charge is 2.45. The first-order valence-corrected chi connectivity index (χ1v) is 22.8. The highest BCUT2D eigenvalue weighted by molar-refractivity contribution is 6.26. The maximum Gasteiger partial charge on any atom is 0.264 e. The summed E-state index contributed by atoms with van der Waals surface area (Å²) in [5.74, 6) is -3.38. The fraction of sp³-hybridized carbons (Fsp3) is 0.667. The van der Waals surface area contributed by atoms with Crippen LogP contribution in [-0.4, -0.2) is 209 Å². The molecule has 1 fully saturated rings. The van der Waals surface area contributed by atoms with E-state index in [2.05, 4.69) is 10.6 Å². The van der Waals surface area contributed by atoms with Crippen LogP contribution in [-0.2, 0) is 76.1 Å². The minimum Gasteiger partial charge on any atom is -0.379 e. The lowest BCUT2D eigenvalue weighted by Crippen LogP contribution is -2.54. The number of nitrogens with zero attached hydrogens (tertiary/aromatic N) is 2. The molecule has 22 heteroatoms. The van der Waals surface area contributed by atoms with Gasteiger partial charge in [0.15, 0.2) is 0 Å². The second-order valence-electron chi connectivity index (χ2n) is 14.9. The second-order valence-corrected chi connectivity index (χ2v) is 14.9. The van der Waals surface area contributed by atoms with E-state index in [1.165, 1.54) is 18.2 Å². The second kappa shape index (κ2) is 33.8. The van der Waals surface area contributed by atoms with E-state index in [0.29, 0.717) is 145 Å². The van der Waals surface area contributed by atoms with E-state index in [1.54, 1.807) is 12.1 Å². The fourth-order valence-corrected chi connectivity index (χ4v) is 6.61. The number of hydrogen-bond donors (Lipinski definition) is 2. The monoisotopic (exact) mass is 950 g/mol. The number of carbonyl (C=O) groups excluding carboxylic acids is 7. The molecule has 67 heavy (non-hydrogen) atoms. The Morgan fingerprint density at radius 3 is 1.42 bits per heavy atom. The first-order chi connectivity index (χ1) is 32.8. The van der Waals surface area contributed by atoms with Gasteiger partial charge in [0, 0.05) is 31.6 Å². The molecule has 7 amide bonds. The standard InChI is InChI=1S/C45H66N4O18/c50-38(46-36-6-4-5-35-42(36)45(56)49(44(35)55)37-8-9-39(51)47-43(37)54)7-2-1-3-13-57-15-17-59-19-21-61-23-25-63-27-29-65-31-33-67-34-32-66-30-28-64-26-24-62-22-20-60-18-16-58-14-12-48-40(52)10-11-41(48)53/h4-6,10-11,37H,1-3,7-9,12-34H2,(H,46,50)(H,47,51,54). The van der Waals surface area contributed by atoms with Crippen molar-refractivity contribution in [3.63, 3.8) is 0 Å². The number of ether oxygens (including phenoxy) is 11. The van der Waals surface area contributed by atoms with Crippen molar-refractivity contribution in [3.8, 4) is 0 Å². The molecule has 1 saturated heterocycles. The first-order valence-electron chi connectivity index (χ1n) is 22.8. The zero-order valence-electron chi connectivity index (χ0n) is 38.2. The smallest absolute Gasteiger partial charge is 0.264 e. The summed E-state index contributed by atoms with van der Waals surface area (Å²) in [6, 6.07) is 3.51. The van der Waals surface area contributed by atoms with Crippen LogP contribution in [0.4, 0.5) is 5.69 Å². The van der Waals surface area contributed by atoms with Gasteiger partial charge in [-0.25, -0.2) is 0 Å². The van der Waals surface area contributed by atoms with Crippen LogP contribution in [0, 0.1) is 0 Å². The van der Waals surface area contributed by atoms with Gasteiger partial charge in [-0.2, -0.15) is 0 Å². The van der Waals surface area contributed by atoms with Gasteiger partial charge in [-0.15, -0.1) is 0 Å². The number of anilines is 1. The van der Waals surface area contributed by atoms with E-state index >= 15 is 0 Å². The molecular weight excluding hydrogens is 885 g/mol. The van der Waals surface area contributed by atoms with Gasteiger partial charge in [-0.05, 0) is 31.4 Å². The number of unbranched alkanes of at least 4 members (excludes halogenated alkanes) is 2. The van der Waals surface area contributed by atoms with Crippen LogP contribution in [0.25, 0.3) is 0 Å². The summed E-state index contributed by atoms with van der Waals surface area (Å²) in [6.45, 7) is 9.79. The molecule has 0 aromatic heterocycles. The van der Waals surface area contributed by atoms with Gasteiger partial charge in [0.1, 0.15) is 6.04 Å². The topological polar surface area (TPSA) is 252 Å². The van der Waals surface area contributed by atoms with Crippen LogP contribution in [0.3, 0.4) is 0 Å². The van der Waals surface area contributed by atoms with E-state index < -0.39 is 29.7 Å². The van der Waals surface area contributed by atoms with Gasteiger partial charge >= 0.3 is 0 Å². The molecule has 1 unspecified atom stereocenters. The molecule has 0 aliphatic carbocycles. The zero-order chi connectivity index (χ0) is 47.7. The lowest BCUT2D eigenvalue weighted by Gasteiger charge is -2.27. The zero-order valence-corrected chi connectivity index (χ0v) is 38.2. The average Bonchev–Trinajstić information content (AvgIpc) is 3.77. The van der Waals surface area contributed by atoms with Gasteiger partial charge in [0.2, 0.25) is 17.7 Å². The summed E-state index contributed by atoms with van der Waals surface area (Å²) in [4.78, 5) is 87.6. The van der Waals surface area contributed by atoms with Gasteiger partial charge in [-0.1, -0.05) is 12.5 Å². The number of nitrogens with one attached hydrogen (secondary N) is 2. The molecule has 0 radical (unpaired) electrons. The molecule has 1 aromatic rings. The number of rotatable bonds is 41. The van der Waals surface area contributed by atoms with Crippen molar-refractivity contribution in [2.75, 3.05) is 157 Å². The summed E-state index contributed by atoms with van der Waals surface area (Å²) < 4.78 is 60.3. The summed E-state index contributed by atoms with van der Waals surface area (Å²) in [5.41, 5.74) is 0.365. The fourth-order valence-electron chi connectivity index (χ4n) is 6.61. The maximum absolute atomic E-state index is 13.2. The van der Waals surface area contributed by atoms with Gasteiger partial charge < -0.3 is 57.4 Å². The van der Waals surface area contributed by atoms with Crippen LogP contribution < -0.4 is 10.6 Å². The molecule has 0 bridgehead atoms. The lowest BCUT2D eigenvalue weighted by molar-refractivity contribution is -0.138. The Hall–Kier alpha value is -4.59. The molecule has 3 aliphatic heterocycles. The third kappa shape index (κ3) is 21.5. The minimum absolute atomic E-state index is 0.0229. The number of piperidine rings is 1. The van der Waals surface area contributed by atoms with Crippen LogP contribution in [0.15, 0.2) is 30.4 Å².